The average Bonchev–Trinajstić information content (AvgIpc) is 2.81. The fraction of sp³-hybridized carbons (Fsp3) is 0.833. The minimum Gasteiger partial charge on any atom is -0.480 e. The van der Waals surface area contributed by atoms with Crippen LogP contribution < -0.4 is 10.6 Å². The van der Waals surface area contributed by atoms with Crippen LogP contribution in [0.4, 0.5) is 0 Å². The van der Waals surface area contributed by atoms with Gasteiger partial charge in [0.1, 0.15) is 0 Å². The molecule has 1 rings (SSSR count). The van der Waals surface area contributed by atoms with Crippen molar-refractivity contribution in [3.05, 3.63) is 0 Å². The summed E-state index contributed by atoms with van der Waals surface area (Å²) < 4.78 is 0. The van der Waals surface area contributed by atoms with E-state index in [1.807, 2.05) is 0 Å². The van der Waals surface area contributed by atoms with Crippen LogP contribution in [-0.4, -0.2) is 150 Å². The molecule has 13 nitrogen and oxygen atoms in total. The standard InChI is InChI=1S/C24H46N6O7/c1-2-3-8-26-21(31)6-4-5-7-25-20-30-15-13-28(18-23(34)35)11-9-27(17-22(32)33)10-12-29(14-16-30)19-24(36)37/h25H,2-20H2,1H3,(H,26,31)(H,32,33)(H,34,35)(H,36,37). The predicted octanol–water partition coefficient (Wildman–Crippen LogP) is -0.904. The van der Waals surface area contributed by atoms with Crippen LogP contribution in [0, 0.1) is 0 Å². The molecule has 0 spiro atoms. The Hall–Kier alpha value is -2.32. The highest BCUT2D eigenvalue weighted by atomic mass is 16.4. The van der Waals surface area contributed by atoms with E-state index in [0.717, 1.165) is 38.8 Å². The number of carbonyl (C=O) groups is 4. The number of carboxylic acids is 3. The van der Waals surface area contributed by atoms with Crippen LogP contribution in [0.5, 0.6) is 0 Å². The zero-order chi connectivity index (χ0) is 27.5. The van der Waals surface area contributed by atoms with Crippen LogP contribution in [0.25, 0.3) is 0 Å². The first-order valence-electron chi connectivity index (χ1n) is 13.2. The number of rotatable bonds is 16. The van der Waals surface area contributed by atoms with Crippen LogP contribution in [0.15, 0.2) is 0 Å². The molecule has 0 bridgehead atoms. The molecule has 1 saturated heterocycles. The molecule has 5 N–H and O–H groups in total. The minimum absolute atomic E-state index is 0.0791. The molecule has 37 heavy (non-hydrogen) atoms. The predicted molar refractivity (Wildman–Crippen MR) is 138 cm³/mol. The molecule has 1 heterocycles. The first-order valence-corrected chi connectivity index (χ1v) is 13.2. The molecule has 0 aromatic carbocycles. The van der Waals surface area contributed by atoms with E-state index < -0.39 is 17.9 Å². The molecule has 0 aromatic heterocycles. The van der Waals surface area contributed by atoms with Gasteiger partial charge in [0, 0.05) is 72.0 Å². The van der Waals surface area contributed by atoms with Crippen molar-refractivity contribution in [3.8, 4) is 0 Å². The molecule has 0 aliphatic carbocycles. The summed E-state index contributed by atoms with van der Waals surface area (Å²) in [5, 5.41) is 34.1. The number of nitrogens with zero attached hydrogens (tertiary/aromatic N) is 4. The summed E-state index contributed by atoms with van der Waals surface area (Å²) in [5.41, 5.74) is 0. The van der Waals surface area contributed by atoms with E-state index in [1.54, 1.807) is 14.7 Å². The van der Waals surface area contributed by atoms with Crippen LogP contribution in [-0.2, 0) is 19.2 Å². The lowest BCUT2D eigenvalue weighted by molar-refractivity contribution is -0.140. The van der Waals surface area contributed by atoms with E-state index in [4.69, 9.17) is 0 Å². The molecule has 1 amide bonds. The topological polar surface area (TPSA) is 166 Å². The molecular weight excluding hydrogens is 484 g/mol. The lowest BCUT2D eigenvalue weighted by Gasteiger charge is -2.33. The van der Waals surface area contributed by atoms with Crippen molar-refractivity contribution in [1.82, 2.24) is 30.2 Å². The fourth-order valence-corrected chi connectivity index (χ4v) is 4.05. The highest BCUT2D eigenvalue weighted by molar-refractivity contribution is 5.75. The van der Waals surface area contributed by atoms with Gasteiger partial charge in [0.2, 0.25) is 5.91 Å². The van der Waals surface area contributed by atoms with Gasteiger partial charge in [0.25, 0.3) is 0 Å². The highest BCUT2D eigenvalue weighted by Gasteiger charge is 2.20. The van der Waals surface area contributed by atoms with Crippen molar-refractivity contribution in [2.45, 2.75) is 39.0 Å². The summed E-state index contributed by atoms with van der Waals surface area (Å²) in [6.07, 6.45) is 4.17. The maximum absolute atomic E-state index is 11.8. The molecule has 13 heteroatoms. The van der Waals surface area contributed by atoms with Gasteiger partial charge in [-0.3, -0.25) is 38.8 Å². The van der Waals surface area contributed by atoms with E-state index in [0.29, 0.717) is 65.4 Å². The Bertz CT molecular complexity index is 664. The number of amides is 1. The number of hydrogen-bond donors (Lipinski definition) is 5. The molecule has 214 valence electrons. The van der Waals surface area contributed by atoms with Crippen molar-refractivity contribution in [2.75, 3.05) is 91.8 Å². The van der Waals surface area contributed by atoms with Crippen LogP contribution in [0.3, 0.4) is 0 Å². The van der Waals surface area contributed by atoms with E-state index in [1.165, 1.54) is 0 Å². The minimum atomic E-state index is -0.976. The van der Waals surface area contributed by atoms with E-state index in [9.17, 15) is 34.5 Å². The first-order chi connectivity index (χ1) is 17.7. The second-order valence-electron chi connectivity index (χ2n) is 9.45. The fourth-order valence-electron chi connectivity index (χ4n) is 4.05. The SMILES string of the molecule is CCCCNC(=O)CCCCNCN1CCN(CC(=O)O)CCN(CC(=O)O)CCN(CC(=O)O)CC1. The lowest BCUT2D eigenvalue weighted by atomic mass is 10.2. The summed E-state index contributed by atoms with van der Waals surface area (Å²) >= 11 is 0. The van der Waals surface area contributed by atoms with Crippen molar-refractivity contribution >= 4 is 23.8 Å². The van der Waals surface area contributed by atoms with Gasteiger partial charge < -0.3 is 26.0 Å². The summed E-state index contributed by atoms with van der Waals surface area (Å²) in [4.78, 5) is 53.2. The Morgan fingerprint density at radius 3 is 1.46 bits per heavy atom. The third kappa shape index (κ3) is 17.7. The summed E-state index contributed by atoms with van der Waals surface area (Å²) in [7, 11) is 0. The third-order valence-electron chi connectivity index (χ3n) is 6.20. The Morgan fingerprint density at radius 1 is 0.622 bits per heavy atom. The first kappa shape index (κ1) is 32.7. The lowest BCUT2D eigenvalue weighted by Crippen LogP contribution is -2.49. The molecule has 0 saturated carbocycles. The summed E-state index contributed by atoms with van der Waals surface area (Å²) in [5.74, 6) is -2.77. The van der Waals surface area contributed by atoms with Crippen LogP contribution >= 0.6 is 0 Å². The molecule has 1 aliphatic rings. The Labute approximate surface area is 219 Å². The number of unbranched alkanes of at least 4 members (excludes halogenated alkanes) is 2. The van der Waals surface area contributed by atoms with Crippen molar-refractivity contribution in [2.24, 2.45) is 0 Å². The quantitative estimate of drug-likeness (QED) is 0.156. The van der Waals surface area contributed by atoms with Crippen molar-refractivity contribution in [3.63, 3.8) is 0 Å². The van der Waals surface area contributed by atoms with Gasteiger partial charge in [-0.05, 0) is 25.8 Å². The van der Waals surface area contributed by atoms with Crippen LogP contribution in [0.1, 0.15) is 39.0 Å². The van der Waals surface area contributed by atoms with E-state index in [2.05, 4.69) is 22.5 Å². The van der Waals surface area contributed by atoms with E-state index >= 15 is 0 Å². The molecule has 0 unspecified atom stereocenters. The maximum Gasteiger partial charge on any atom is 0.317 e. The molecule has 0 atom stereocenters. The van der Waals surface area contributed by atoms with Gasteiger partial charge in [0.05, 0.1) is 19.6 Å². The maximum atomic E-state index is 11.8. The summed E-state index contributed by atoms with van der Waals surface area (Å²) in [6.45, 7) is 7.38. The zero-order valence-electron chi connectivity index (χ0n) is 22.2. The van der Waals surface area contributed by atoms with Crippen molar-refractivity contribution < 1.29 is 34.5 Å². The average molecular weight is 531 g/mol. The van der Waals surface area contributed by atoms with Gasteiger partial charge in [-0.1, -0.05) is 13.3 Å². The molecule has 0 radical (unpaired) electrons. The number of hydrogen-bond acceptors (Lipinski definition) is 9. The van der Waals surface area contributed by atoms with Gasteiger partial charge in [-0.2, -0.15) is 0 Å². The van der Waals surface area contributed by atoms with Gasteiger partial charge in [0.15, 0.2) is 0 Å². The Balaban J connectivity index is 2.64. The van der Waals surface area contributed by atoms with Gasteiger partial charge in [-0.15, -0.1) is 0 Å². The second-order valence-corrected chi connectivity index (χ2v) is 9.45. The third-order valence-corrected chi connectivity index (χ3v) is 6.20. The second kappa shape index (κ2) is 19.7. The zero-order valence-corrected chi connectivity index (χ0v) is 22.2. The van der Waals surface area contributed by atoms with Gasteiger partial charge >= 0.3 is 17.9 Å². The Kier molecular flexibility index (Phi) is 17.5. The highest BCUT2D eigenvalue weighted by Crippen LogP contribution is 2.01. The monoisotopic (exact) mass is 530 g/mol. The van der Waals surface area contributed by atoms with E-state index in [-0.39, 0.29) is 25.5 Å². The normalized spacial score (nSPS) is 17.5. The number of carboxylic acid groups (broad SMARTS) is 3. The molecule has 1 fully saturated rings. The largest absolute Gasteiger partial charge is 0.480 e. The smallest absolute Gasteiger partial charge is 0.317 e. The molecule has 1 aliphatic heterocycles. The molecular formula is C24H46N6O7. The number of aliphatic carboxylic acids is 3. The molecule has 0 aromatic rings. The number of nitrogens with one attached hydrogen (secondary N) is 2. The number of carbonyl (C=O) groups excluding carboxylic acids is 1. The van der Waals surface area contributed by atoms with Crippen LogP contribution in [0.2, 0.25) is 0 Å². The van der Waals surface area contributed by atoms with Crippen molar-refractivity contribution in [1.29, 1.82) is 0 Å². The Morgan fingerprint density at radius 2 is 1.05 bits per heavy atom. The summed E-state index contributed by atoms with van der Waals surface area (Å²) in [6, 6.07) is 0. The van der Waals surface area contributed by atoms with Gasteiger partial charge in [-0.25, -0.2) is 0 Å².